The highest BCUT2D eigenvalue weighted by atomic mass is 16.7. The molecule has 0 aromatic heterocycles. The van der Waals surface area contributed by atoms with Crippen molar-refractivity contribution in [2.75, 3.05) is 47.2 Å². The molecule has 2 unspecified atom stereocenters. The number of ketones is 3. The number of hydrogen-bond acceptors (Lipinski definition) is 16. The van der Waals surface area contributed by atoms with Crippen molar-refractivity contribution >= 4 is 17.3 Å². The minimum Gasteiger partial charge on any atom is -0.507 e. The van der Waals surface area contributed by atoms with E-state index in [0.29, 0.717) is 39.2 Å². The SMILES string of the molecule is CCOCC1CCCC(OCC(=O)[C@]2(O)Cc3c(O)c4c(c(O)c3[C@@H](O[C@H]3C[C@H]5[C@H](O[C@@H]6[C@@H](OC)OCCN65)[C@H](C)O3)C2)C(=O)c2c(OC)cccc2C4=O)O1. The lowest BCUT2D eigenvalue weighted by Crippen LogP contribution is -2.55. The number of nitrogens with zero attached hydrogens (tertiary/aromatic N) is 1. The zero-order valence-corrected chi connectivity index (χ0v) is 31.9. The third-order valence-electron chi connectivity index (χ3n) is 11.9. The number of morpholine rings is 1. The molecule has 0 bridgehead atoms. The topological polar surface area (TPSA) is 198 Å². The number of carbonyl (C=O) groups excluding carboxylic acids is 3. The average Bonchev–Trinajstić information content (AvgIpc) is 3.58. The van der Waals surface area contributed by atoms with Gasteiger partial charge in [0.25, 0.3) is 0 Å². The summed E-state index contributed by atoms with van der Waals surface area (Å²) in [5.41, 5.74) is -3.26. The number of methoxy groups -OCH3 is 2. The fourth-order valence-corrected chi connectivity index (χ4v) is 9.20. The second kappa shape index (κ2) is 15.7. The number of phenolic OH excluding ortho intramolecular Hbond substituents is 2. The van der Waals surface area contributed by atoms with Gasteiger partial charge in [-0.3, -0.25) is 19.3 Å². The van der Waals surface area contributed by atoms with Crippen LogP contribution >= 0.6 is 0 Å². The van der Waals surface area contributed by atoms with Crippen LogP contribution in [0.4, 0.5) is 0 Å². The van der Waals surface area contributed by atoms with Crippen molar-refractivity contribution in [3.8, 4) is 17.2 Å². The van der Waals surface area contributed by atoms with E-state index in [1.807, 2.05) is 13.8 Å². The first-order valence-corrected chi connectivity index (χ1v) is 19.3. The van der Waals surface area contributed by atoms with Gasteiger partial charge < -0.3 is 58.0 Å². The van der Waals surface area contributed by atoms with Crippen molar-refractivity contribution in [3.63, 3.8) is 0 Å². The highest BCUT2D eigenvalue weighted by Crippen LogP contribution is 2.53. The third kappa shape index (κ3) is 6.72. The van der Waals surface area contributed by atoms with Gasteiger partial charge in [-0.05, 0) is 39.2 Å². The zero-order chi connectivity index (χ0) is 39.5. The molecule has 304 valence electrons. The predicted molar refractivity (Wildman–Crippen MR) is 192 cm³/mol. The standard InChI is InChI=1S/C40H49NO15/c1-5-50-17-20-8-6-11-27(54-20)52-18-26(42)40(47)15-22-30(36(46)32-31(34(22)44)33(43)21-9-7-10-24(48-3)29(21)35(32)45)25(16-40)55-28-14-23-37(19(2)53-28)56-38-39(49-4)51-13-12-41(23)38/h7,9-10,19-20,23,25,27-28,37-39,44,46-47H,5-6,8,11-18H2,1-4H3/t19-,20?,23-,25-,27?,28-,37+,38+,39-,40-/m0/s1. The number of aliphatic hydroxyl groups is 1. The maximum Gasteiger partial charge on any atom is 0.202 e. The summed E-state index contributed by atoms with van der Waals surface area (Å²) in [6, 6.07) is 4.32. The summed E-state index contributed by atoms with van der Waals surface area (Å²) in [7, 11) is 2.91. The van der Waals surface area contributed by atoms with Gasteiger partial charge >= 0.3 is 0 Å². The molecule has 2 aliphatic carbocycles. The van der Waals surface area contributed by atoms with Crippen molar-refractivity contribution in [1.82, 2.24) is 4.90 Å². The summed E-state index contributed by atoms with van der Waals surface area (Å²) in [5.74, 6) is -3.30. The van der Waals surface area contributed by atoms with E-state index >= 15 is 0 Å². The lowest BCUT2D eigenvalue weighted by atomic mass is 9.72. The Balaban J connectivity index is 1.13. The molecule has 4 heterocycles. The van der Waals surface area contributed by atoms with Crippen molar-refractivity contribution < 1.29 is 72.3 Å². The van der Waals surface area contributed by atoms with Gasteiger partial charge in [0.1, 0.15) is 35.6 Å². The number of aromatic hydroxyl groups is 2. The highest BCUT2D eigenvalue weighted by molar-refractivity contribution is 6.31. The molecule has 3 N–H and O–H groups in total. The van der Waals surface area contributed by atoms with E-state index < -0.39 is 95.9 Å². The summed E-state index contributed by atoms with van der Waals surface area (Å²) in [5, 5.41) is 36.2. The number of fused-ring (bicyclic) bond motifs is 6. The number of rotatable bonds is 11. The first-order chi connectivity index (χ1) is 27.0. The second-order valence-electron chi connectivity index (χ2n) is 15.2. The summed E-state index contributed by atoms with van der Waals surface area (Å²) < 4.78 is 53.4. The highest BCUT2D eigenvalue weighted by Gasteiger charge is 2.55. The minimum absolute atomic E-state index is 0.0231. The van der Waals surface area contributed by atoms with Crippen LogP contribution < -0.4 is 4.74 Å². The lowest BCUT2D eigenvalue weighted by molar-refractivity contribution is -0.256. The van der Waals surface area contributed by atoms with Crippen LogP contribution in [0.2, 0.25) is 0 Å². The largest absolute Gasteiger partial charge is 0.507 e. The van der Waals surface area contributed by atoms with Gasteiger partial charge in [-0.1, -0.05) is 12.1 Å². The van der Waals surface area contributed by atoms with Gasteiger partial charge in [0.05, 0.1) is 55.3 Å². The lowest BCUT2D eigenvalue weighted by Gasteiger charge is -2.43. The van der Waals surface area contributed by atoms with Gasteiger partial charge in [0, 0.05) is 62.3 Å². The van der Waals surface area contributed by atoms with E-state index in [1.54, 1.807) is 13.2 Å². The van der Waals surface area contributed by atoms with E-state index in [0.717, 1.165) is 12.8 Å². The smallest absolute Gasteiger partial charge is 0.202 e. The second-order valence-corrected chi connectivity index (χ2v) is 15.2. The van der Waals surface area contributed by atoms with Crippen molar-refractivity contribution in [2.24, 2.45) is 0 Å². The van der Waals surface area contributed by atoms with Crippen molar-refractivity contribution in [1.29, 1.82) is 0 Å². The third-order valence-corrected chi connectivity index (χ3v) is 11.9. The van der Waals surface area contributed by atoms with Crippen LogP contribution in [0, 0.1) is 0 Å². The maximum absolute atomic E-state index is 14.1. The molecular weight excluding hydrogens is 734 g/mol. The van der Waals surface area contributed by atoms with E-state index in [-0.39, 0.29) is 52.7 Å². The summed E-state index contributed by atoms with van der Waals surface area (Å²) in [6.45, 7) is 5.15. The molecule has 2 aromatic carbocycles. The number of carbonyl (C=O) groups is 3. The molecule has 4 fully saturated rings. The fraction of sp³-hybridized carbons (Fsp3) is 0.625. The Labute approximate surface area is 323 Å². The van der Waals surface area contributed by atoms with Gasteiger partial charge in [0.15, 0.2) is 36.7 Å². The van der Waals surface area contributed by atoms with Crippen LogP contribution in [0.1, 0.15) is 95.0 Å². The number of benzene rings is 2. The van der Waals surface area contributed by atoms with E-state index in [9.17, 15) is 29.7 Å². The van der Waals surface area contributed by atoms with E-state index in [2.05, 4.69) is 4.90 Å². The Morgan fingerprint density at radius 2 is 1.82 bits per heavy atom. The van der Waals surface area contributed by atoms with E-state index in [1.165, 1.54) is 19.2 Å². The maximum atomic E-state index is 14.1. The van der Waals surface area contributed by atoms with Crippen LogP contribution in [0.3, 0.4) is 0 Å². The Morgan fingerprint density at radius 1 is 1.02 bits per heavy atom. The number of hydrogen-bond donors (Lipinski definition) is 3. The molecule has 2 aromatic rings. The molecule has 16 heteroatoms. The monoisotopic (exact) mass is 783 g/mol. The Morgan fingerprint density at radius 3 is 2.59 bits per heavy atom. The van der Waals surface area contributed by atoms with Crippen LogP contribution in [0.25, 0.3) is 0 Å². The number of phenols is 2. The summed E-state index contributed by atoms with van der Waals surface area (Å²) in [4.78, 5) is 44.3. The fourth-order valence-electron chi connectivity index (χ4n) is 9.20. The van der Waals surface area contributed by atoms with Gasteiger partial charge in [0.2, 0.25) is 5.78 Å². The molecule has 0 amide bonds. The van der Waals surface area contributed by atoms with Crippen molar-refractivity contribution in [2.45, 2.75) is 114 Å². The zero-order valence-electron chi connectivity index (χ0n) is 31.9. The van der Waals surface area contributed by atoms with Crippen LogP contribution in [-0.2, 0) is 49.1 Å². The Hall–Kier alpha value is -3.55. The van der Waals surface area contributed by atoms with Gasteiger partial charge in [-0.25, -0.2) is 0 Å². The summed E-state index contributed by atoms with van der Waals surface area (Å²) >= 11 is 0. The average molecular weight is 784 g/mol. The Kier molecular flexibility index (Phi) is 11.0. The molecule has 10 atom stereocenters. The molecule has 4 aliphatic heterocycles. The van der Waals surface area contributed by atoms with Crippen LogP contribution in [-0.4, -0.2) is 140 Å². The number of ether oxygens (including phenoxy) is 9. The molecule has 16 nitrogen and oxygen atoms in total. The molecule has 0 saturated carbocycles. The molecule has 6 aliphatic rings. The molecule has 4 saturated heterocycles. The summed E-state index contributed by atoms with van der Waals surface area (Å²) in [6.07, 6.45) is -3.49. The van der Waals surface area contributed by atoms with Crippen molar-refractivity contribution in [3.05, 3.63) is 51.6 Å². The van der Waals surface area contributed by atoms with Gasteiger partial charge in [-0.2, -0.15) is 0 Å². The quantitative estimate of drug-likeness (QED) is 0.240. The predicted octanol–water partition coefficient (Wildman–Crippen LogP) is 2.67. The van der Waals surface area contributed by atoms with Gasteiger partial charge in [-0.15, -0.1) is 0 Å². The first-order valence-electron chi connectivity index (χ1n) is 19.3. The minimum atomic E-state index is -2.20. The molecule has 56 heavy (non-hydrogen) atoms. The molecular formula is C40H49NO15. The van der Waals surface area contributed by atoms with Crippen LogP contribution in [0.15, 0.2) is 18.2 Å². The molecule has 0 spiro atoms. The van der Waals surface area contributed by atoms with Crippen LogP contribution in [0.5, 0.6) is 17.2 Å². The van der Waals surface area contributed by atoms with E-state index in [4.69, 9.17) is 42.6 Å². The molecule has 0 radical (unpaired) electrons. The first kappa shape index (κ1) is 39.3. The number of Topliss-reactive ketones (excluding diaryl/α,β-unsaturated/α-hetero) is 1. The molecule has 8 rings (SSSR count). The Bertz CT molecular complexity index is 1870. The normalized spacial score (nSPS) is 33.9.